The number of halogens is 1. The quantitative estimate of drug-likeness (QED) is 0.904. The minimum Gasteiger partial charge on any atom is -0.352 e. The Bertz CT molecular complexity index is 482. The number of thiazole rings is 1. The summed E-state index contributed by atoms with van der Waals surface area (Å²) in [7, 11) is 0. The molecule has 0 aliphatic rings. The van der Waals surface area contributed by atoms with Crippen LogP contribution >= 0.6 is 11.3 Å². The van der Waals surface area contributed by atoms with Gasteiger partial charge in [0.2, 0.25) is 0 Å². The Kier molecular flexibility index (Phi) is 3.82. The van der Waals surface area contributed by atoms with Crippen molar-refractivity contribution >= 4 is 17.2 Å². The van der Waals surface area contributed by atoms with Crippen LogP contribution in [-0.2, 0) is 6.42 Å². The zero-order valence-electron chi connectivity index (χ0n) is 9.02. The number of carbonyl (C=O) groups is 1. The molecule has 2 rings (SSSR count). The van der Waals surface area contributed by atoms with E-state index in [4.69, 9.17) is 0 Å². The molecule has 88 valence electrons. The lowest BCUT2D eigenvalue weighted by molar-refractivity contribution is 0.0954. The topological polar surface area (TPSA) is 42.0 Å². The second-order valence-corrected chi connectivity index (χ2v) is 4.21. The third-order valence-corrected chi connectivity index (χ3v) is 2.89. The lowest BCUT2D eigenvalue weighted by Crippen LogP contribution is -2.25. The van der Waals surface area contributed by atoms with E-state index in [0.29, 0.717) is 18.5 Å². The molecule has 1 heterocycles. The molecule has 17 heavy (non-hydrogen) atoms. The molecule has 0 fully saturated rings. The normalized spacial score (nSPS) is 10.2. The highest BCUT2D eigenvalue weighted by atomic mass is 32.1. The second-order valence-electron chi connectivity index (χ2n) is 3.49. The van der Waals surface area contributed by atoms with Crippen molar-refractivity contribution in [2.75, 3.05) is 6.54 Å². The smallest absolute Gasteiger partial charge is 0.251 e. The first-order valence-electron chi connectivity index (χ1n) is 5.16. The molecular formula is C12H11FN2OS. The lowest BCUT2D eigenvalue weighted by Gasteiger charge is -2.03. The fraction of sp³-hybridized carbons (Fsp3) is 0.167. The predicted molar refractivity (Wildman–Crippen MR) is 64.6 cm³/mol. The molecule has 0 unspecified atom stereocenters. The number of rotatable bonds is 4. The molecular weight excluding hydrogens is 239 g/mol. The number of hydrogen-bond donors (Lipinski definition) is 1. The van der Waals surface area contributed by atoms with Crippen LogP contribution in [0.1, 0.15) is 16.1 Å². The van der Waals surface area contributed by atoms with Gasteiger partial charge < -0.3 is 5.32 Å². The minimum absolute atomic E-state index is 0.194. The Morgan fingerprint density at radius 1 is 1.35 bits per heavy atom. The SMILES string of the molecule is O=C(NCCc1cscn1)c1ccc(F)cc1. The molecule has 0 radical (unpaired) electrons. The van der Waals surface area contributed by atoms with E-state index in [-0.39, 0.29) is 11.7 Å². The summed E-state index contributed by atoms with van der Waals surface area (Å²) in [5, 5.41) is 4.71. The Balaban J connectivity index is 1.83. The molecule has 0 aliphatic heterocycles. The maximum absolute atomic E-state index is 12.6. The van der Waals surface area contributed by atoms with Gasteiger partial charge in [0.25, 0.3) is 5.91 Å². The van der Waals surface area contributed by atoms with Gasteiger partial charge in [-0.05, 0) is 24.3 Å². The first kappa shape index (κ1) is 11.7. The second kappa shape index (κ2) is 5.54. The van der Waals surface area contributed by atoms with E-state index >= 15 is 0 Å². The molecule has 0 aliphatic carbocycles. The molecule has 0 saturated carbocycles. The summed E-state index contributed by atoms with van der Waals surface area (Å²) in [4.78, 5) is 15.7. The van der Waals surface area contributed by atoms with Gasteiger partial charge >= 0.3 is 0 Å². The molecule has 1 amide bonds. The van der Waals surface area contributed by atoms with E-state index < -0.39 is 0 Å². The average molecular weight is 250 g/mol. The van der Waals surface area contributed by atoms with E-state index in [1.54, 1.807) is 5.51 Å². The van der Waals surface area contributed by atoms with Crippen molar-refractivity contribution in [3.63, 3.8) is 0 Å². The third kappa shape index (κ3) is 3.35. The van der Waals surface area contributed by atoms with Gasteiger partial charge in [0.05, 0.1) is 11.2 Å². The maximum Gasteiger partial charge on any atom is 0.251 e. The summed E-state index contributed by atoms with van der Waals surface area (Å²) < 4.78 is 12.6. The molecule has 0 spiro atoms. The van der Waals surface area contributed by atoms with Crippen LogP contribution in [0.4, 0.5) is 4.39 Å². The highest BCUT2D eigenvalue weighted by Gasteiger charge is 2.04. The van der Waals surface area contributed by atoms with Gasteiger partial charge in [-0.25, -0.2) is 9.37 Å². The molecule has 3 nitrogen and oxygen atoms in total. The van der Waals surface area contributed by atoms with Crippen molar-refractivity contribution in [3.8, 4) is 0 Å². The monoisotopic (exact) mass is 250 g/mol. The van der Waals surface area contributed by atoms with Gasteiger partial charge in [0.15, 0.2) is 0 Å². The van der Waals surface area contributed by atoms with E-state index in [0.717, 1.165) is 5.69 Å². The Hall–Kier alpha value is -1.75. The number of amides is 1. The van der Waals surface area contributed by atoms with Crippen LogP contribution in [0, 0.1) is 5.82 Å². The predicted octanol–water partition coefficient (Wildman–Crippen LogP) is 2.25. The molecule has 5 heteroatoms. The van der Waals surface area contributed by atoms with E-state index in [9.17, 15) is 9.18 Å². The highest BCUT2D eigenvalue weighted by molar-refractivity contribution is 7.07. The van der Waals surface area contributed by atoms with Gasteiger partial charge in [0.1, 0.15) is 5.82 Å². The summed E-state index contributed by atoms with van der Waals surface area (Å²) in [5.74, 6) is -0.538. The first-order chi connectivity index (χ1) is 8.25. The number of aromatic nitrogens is 1. The van der Waals surface area contributed by atoms with Crippen LogP contribution in [-0.4, -0.2) is 17.4 Å². The van der Waals surface area contributed by atoms with Crippen molar-refractivity contribution in [3.05, 3.63) is 52.2 Å². The van der Waals surface area contributed by atoms with Gasteiger partial charge in [-0.2, -0.15) is 0 Å². The summed E-state index contributed by atoms with van der Waals surface area (Å²) in [5.41, 5.74) is 3.19. The zero-order chi connectivity index (χ0) is 12.1. The van der Waals surface area contributed by atoms with Crippen LogP contribution in [0.5, 0.6) is 0 Å². The number of nitrogens with zero attached hydrogens (tertiary/aromatic N) is 1. The number of carbonyl (C=O) groups excluding carboxylic acids is 1. The van der Waals surface area contributed by atoms with Gasteiger partial charge in [-0.3, -0.25) is 4.79 Å². The van der Waals surface area contributed by atoms with E-state index in [1.807, 2.05) is 5.38 Å². The van der Waals surface area contributed by atoms with Gasteiger partial charge in [-0.15, -0.1) is 11.3 Å². The van der Waals surface area contributed by atoms with Crippen LogP contribution < -0.4 is 5.32 Å². The minimum atomic E-state index is -0.343. The summed E-state index contributed by atoms with van der Waals surface area (Å²) in [6.45, 7) is 0.528. The molecule has 1 aromatic heterocycles. The lowest BCUT2D eigenvalue weighted by atomic mass is 10.2. The van der Waals surface area contributed by atoms with Crippen molar-refractivity contribution in [2.24, 2.45) is 0 Å². The van der Waals surface area contributed by atoms with Gasteiger partial charge in [-0.1, -0.05) is 0 Å². The molecule has 2 aromatic rings. The Labute approximate surface area is 102 Å². The highest BCUT2D eigenvalue weighted by Crippen LogP contribution is 2.03. The fourth-order valence-corrected chi connectivity index (χ4v) is 1.96. The number of hydrogen-bond acceptors (Lipinski definition) is 3. The van der Waals surface area contributed by atoms with Crippen molar-refractivity contribution in [1.82, 2.24) is 10.3 Å². The summed E-state index contributed by atoms with van der Waals surface area (Å²) >= 11 is 1.53. The average Bonchev–Trinajstić information content (AvgIpc) is 2.83. The van der Waals surface area contributed by atoms with Crippen LogP contribution in [0.3, 0.4) is 0 Å². The largest absolute Gasteiger partial charge is 0.352 e. The fourth-order valence-electron chi connectivity index (χ4n) is 1.37. The van der Waals surface area contributed by atoms with Crippen molar-refractivity contribution in [2.45, 2.75) is 6.42 Å². The van der Waals surface area contributed by atoms with Crippen molar-refractivity contribution < 1.29 is 9.18 Å². The van der Waals surface area contributed by atoms with Crippen LogP contribution in [0.25, 0.3) is 0 Å². The Morgan fingerprint density at radius 3 is 2.76 bits per heavy atom. The van der Waals surface area contributed by atoms with Gasteiger partial charge in [0, 0.05) is 23.9 Å². The summed E-state index contributed by atoms with van der Waals surface area (Å²) in [6.07, 6.45) is 0.705. The van der Waals surface area contributed by atoms with Crippen molar-refractivity contribution in [1.29, 1.82) is 0 Å². The molecule has 1 N–H and O–H groups in total. The number of benzene rings is 1. The first-order valence-corrected chi connectivity index (χ1v) is 6.11. The Morgan fingerprint density at radius 2 is 2.12 bits per heavy atom. The molecule has 1 aromatic carbocycles. The number of nitrogens with one attached hydrogen (secondary N) is 1. The third-order valence-electron chi connectivity index (χ3n) is 2.26. The molecule has 0 saturated heterocycles. The van der Waals surface area contributed by atoms with E-state index in [1.165, 1.54) is 35.6 Å². The standard InChI is InChI=1S/C12H11FN2OS/c13-10-3-1-9(2-4-10)12(16)14-6-5-11-7-17-8-15-11/h1-4,7-8H,5-6H2,(H,14,16). The maximum atomic E-state index is 12.6. The molecule has 0 bridgehead atoms. The van der Waals surface area contributed by atoms with E-state index in [2.05, 4.69) is 10.3 Å². The van der Waals surface area contributed by atoms with Crippen LogP contribution in [0.2, 0.25) is 0 Å². The van der Waals surface area contributed by atoms with Crippen LogP contribution in [0.15, 0.2) is 35.2 Å². The zero-order valence-corrected chi connectivity index (χ0v) is 9.84. The summed E-state index contributed by atoms with van der Waals surface area (Å²) in [6, 6.07) is 5.48. The molecule has 0 atom stereocenters.